The monoisotopic (exact) mass is 395 g/mol. The summed E-state index contributed by atoms with van der Waals surface area (Å²) in [5.41, 5.74) is 3.20. The van der Waals surface area contributed by atoms with Gasteiger partial charge in [0.25, 0.3) is 0 Å². The van der Waals surface area contributed by atoms with E-state index in [4.69, 9.17) is 14.0 Å². The van der Waals surface area contributed by atoms with Crippen LogP contribution in [0.5, 0.6) is 5.75 Å². The van der Waals surface area contributed by atoms with Gasteiger partial charge in [-0.1, -0.05) is 17.3 Å². The van der Waals surface area contributed by atoms with Crippen molar-refractivity contribution in [2.45, 2.75) is 27.1 Å². The van der Waals surface area contributed by atoms with Crippen LogP contribution in [-0.4, -0.2) is 24.2 Å². The normalized spacial score (nSPS) is 10.4. The molecular formula is C22H21NO6. The Bertz CT molecular complexity index is 987. The Hall–Kier alpha value is -3.61. The Kier molecular flexibility index (Phi) is 6.29. The topological polar surface area (TPSA) is 87.9 Å². The number of hydrogen-bond acceptors (Lipinski definition) is 7. The maximum atomic E-state index is 12.3. The molecule has 0 unspecified atom stereocenters. The van der Waals surface area contributed by atoms with Crippen molar-refractivity contribution >= 4 is 11.9 Å². The molecule has 1 heterocycles. The van der Waals surface area contributed by atoms with Gasteiger partial charge in [0.1, 0.15) is 24.7 Å². The first-order valence-electron chi connectivity index (χ1n) is 8.97. The highest BCUT2D eigenvalue weighted by Crippen LogP contribution is 2.18. The lowest BCUT2D eigenvalue weighted by Gasteiger charge is -2.08. The Labute approximate surface area is 168 Å². The fourth-order valence-electron chi connectivity index (χ4n) is 2.69. The Morgan fingerprint density at radius 1 is 0.966 bits per heavy atom. The van der Waals surface area contributed by atoms with Crippen LogP contribution in [0, 0.1) is 13.8 Å². The van der Waals surface area contributed by atoms with Crippen LogP contribution in [0.1, 0.15) is 43.3 Å². The van der Waals surface area contributed by atoms with Crippen molar-refractivity contribution in [3.63, 3.8) is 0 Å². The second-order valence-corrected chi connectivity index (χ2v) is 6.38. The van der Waals surface area contributed by atoms with Gasteiger partial charge in [-0.3, -0.25) is 0 Å². The van der Waals surface area contributed by atoms with Crippen LogP contribution in [0.25, 0.3) is 0 Å². The van der Waals surface area contributed by atoms with Crippen LogP contribution < -0.4 is 4.74 Å². The largest absolute Gasteiger partial charge is 0.489 e. The number of benzene rings is 2. The quantitative estimate of drug-likeness (QED) is 0.559. The summed E-state index contributed by atoms with van der Waals surface area (Å²) in [6, 6.07) is 13.4. The summed E-state index contributed by atoms with van der Waals surface area (Å²) >= 11 is 0. The van der Waals surface area contributed by atoms with E-state index < -0.39 is 11.9 Å². The molecule has 7 heteroatoms. The first-order valence-corrected chi connectivity index (χ1v) is 8.97. The number of aromatic nitrogens is 1. The van der Waals surface area contributed by atoms with Gasteiger partial charge in [0.05, 0.1) is 29.5 Å². The molecule has 0 N–H and O–H groups in total. The van der Waals surface area contributed by atoms with E-state index in [1.807, 2.05) is 13.8 Å². The average Bonchev–Trinajstić information content (AvgIpc) is 3.07. The van der Waals surface area contributed by atoms with Crippen LogP contribution in [0.15, 0.2) is 53.1 Å². The maximum Gasteiger partial charge on any atom is 0.338 e. The van der Waals surface area contributed by atoms with Crippen molar-refractivity contribution in [2.24, 2.45) is 0 Å². The molecule has 0 fully saturated rings. The SMILES string of the molecule is COC(=O)c1cccc(COC(=O)c2ccc(OCc3c(C)noc3C)cc2)c1. The zero-order valence-electron chi connectivity index (χ0n) is 16.4. The highest BCUT2D eigenvalue weighted by atomic mass is 16.5. The summed E-state index contributed by atoms with van der Waals surface area (Å²) in [5.74, 6) is 0.433. The average molecular weight is 395 g/mol. The smallest absolute Gasteiger partial charge is 0.338 e. The highest BCUT2D eigenvalue weighted by Gasteiger charge is 2.12. The lowest BCUT2D eigenvalue weighted by atomic mass is 10.1. The minimum absolute atomic E-state index is 0.0496. The molecule has 0 aliphatic carbocycles. The lowest BCUT2D eigenvalue weighted by molar-refractivity contribution is 0.0472. The molecule has 0 bridgehead atoms. The minimum atomic E-state index is -0.467. The fraction of sp³-hybridized carbons (Fsp3) is 0.227. The van der Waals surface area contributed by atoms with Crippen LogP contribution in [0.4, 0.5) is 0 Å². The van der Waals surface area contributed by atoms with Gasteiger partial charge in [0.15, 0.2) is 0 Å². The second-order valence-electron chi connectivity index (χ2n) is 6.38. The first kappa shape index (κ1) is 20.1. The van der Waals surface area contributed by atoms with Crippen LogP contribution in [-0.2, 0) is 22.7 Å². The zero-order valence-corrected chi connectivity index (χ0v) is 16.4. The third-order valence-corrected chi connectivity index (χ3v) is 4.37. The molecule has 0 saturated heterocycles. The van der Waals surface area contributed by atoms with Gasteiger partial charge < -0.3 is 18.7 Å². The predicted octanol–water partition coefficient (Wildman–Crippen LogP) is 4.01. The van der Waals surface area contributed by atoms with E-state index >= 15 is 0 Å². The van der Waals surface area contributed by atoms with Crippen LogP contribution in [0.3, 0.4) is 0 Å². The maximum absolute atomic E-state index is 12.3. The van der Waals surface area contributed by atoms with Crippen molar-refractivity contribution in [1.29, 1.82) is 0 Å². The Morgan fingerprint density at radius 2 is 1.72 bits per heavy atom. The van der Waals surface area contributed by atoms with Gasteiger partial charge in [0.2, 0.25) is 0 Å². The van der Waals surface area contributed by atoms with Gasteiger partial charge in [0, 0.05) is 0 Å². The van der Waals surface area contributed by atoms with Gasteiger partial charge in [-0.25, -0.2) is 9.59 Å². The molecule has 29 heavy (non-hydrogen) atoms. The number of hydrogen-bond donors (Lipinski definition) is 0. The van der Waals surface area contributed by atoms with E-state index in [0.717, 1.165) is 17.0 Å². The van der Waals surface area contributed by atoms with E-state index in [-0.39, 0.29) is 6.61 Å². The van der Waals surface area contributed by atoms with Crippen LogP contribution >= 0.6 is 0 Å². The number of aryl methyl sites for hydroxylation is 2. The lowest BCUT2D eigenvalue weighted by Crippen LogP contribution is -2.07. The molecule has 0 aliphatic heterocycles. The number of rotatable bonds is 7. The zero-order chi connectivity index (χ0) is 20.8. The predicted molar refractivity (Wildman–Crippen MR) is 104 cm³/mol. The molecule has 150 valence electrons. The second kappa shape index (κ2) is 9.05. The Morgan fingerprint density at radius 3 is 2.38 bits per heavy atom. The van der Waals surface area contributed by atoms with E-state index in [0.29, 0.717) is 29.0 Å². The summed E-state index contributed by atoms with van der Waals surface area (Å²) < 4.78 is 20.8. The standard InChI is InChI=1S/C22H21NO6/c1-14-20(15(2)29-23-14)13-27-19-9-7-17(8-10-19)22(25)28-12-16-5-4-6-18(11-16)21(24)26-3/h4-11H,12-13H2,1-3H3. The fourth-order valence-corrected chi connectivity index (χ4v) is 2.69. The number of ether oxygens (including phenoxy) is 3. The molecule has 2 aromatic carbocycles. The summed E-state index contributed by atoms with van der Waals surface area (Å²) in [6.45, 7) is 4.07. The molecule has 1 aromatic heterocycles. The van der Waals surface area contributed by atoms with Crippen molar-refractivity contribution in [2.75, 3.05) is 7.11 Å². The van der Waals surface area contributed by atoms with Crippen LogP contribution in [0.2, 0.25) is 0 Å². The van der Waals surface area contributed by atoms with Crippen molar-refractivity contribution in [1.82, 2.24) is 5.16 Å². The van der Waals surface area contributed by atoms with Gasteiger partial charge in [-0.15, -0.1) is 0 Å². The highest BCUT2D eigenvalue weighted by molar-refractivity contribution is 5.90. The van der Waals surface area contributed by atoms with Gasteiger partial charge >= 0.3 is 11.9 Å². The molecule has 0 radical (unpaired) electrons. The summed E-state index contributed by atoms with van der Waals surface area (Å²) in [6.07, 6.45) is 0. The third kappa shape index (κ3) is 5.01. The molecule has 0 amide bonds. The minimum Gasteiger partial charge on any atom is -0.489 e. The van der Waals surface area contributed by atoms with Crippen molar-refractivity contribution < 1.29 is 28.3 Å². The molecule has 0 spiro atoms. The van der Waals surface area contributed by atoms with Gasteiger partial charge in [-0.2, -0.15) is 0 Å². The molecule has 0 atom stereocenters. The van der Waals surface area contributed by atoms with E-state index in [1.165, 1.54) is 7.11 Å². The van der Waals surface area contributed by atoms with E-state index in [1.54, 1.807) is 48.5 Å². The summed E-state index contributed by atoms with van der Waals surface area (Å²) in [7, 11) is 1.32. The number of esters is 2. The molecule has 0 aliphatic rings. The third-order valence-electron chi connectivity index (χ3n) is 4.37. The molecular weight excluding hydrogens is 374 g/mol. The summed E-state index contributed by atoms with van der Waals surface area (Å²) in [4.78, 5) is 23.8. The number of methoxy groups -OCH3 is 1. The summed E-state index contributed by atoms with van der Waals surface area (Å²) in [5, 5.41) is 3.89. The van der Waals surface area contributed by atoms with E-state index in [2.05, 4.69) is 9.89 Å². The number of carbonyl (C=O) groups is 2. The number of carbonyl (C=O) groups excluding carboxylic acids is 2. The number of nitrogens with zero attached hydrogens (tertiary/aromatic N) is 1. The van der Waals surface area contributed by atoms with Gasteiger partial charge in [-0.05, 0) is 55.8 Å². The molecule has 7 nitrogen and oxygen atoms in total. The van der Waals surface area contributed by atoms with Crippen molar-refractivity contribution in [3.05, 3.63) is 82.2 Å². The molecule has 0 saturated carbocycles. The van der Waals surface area contributed by atoms with Crippen molar-refractivity contribution in [3.8, 4) is 5.75 Å². The first-order chi connectivity index (χ1) is 14.0. The van der Waals surface area contributed by atoms with E-state index in [9.17, 15) is 9.59 Å². The Balaban J connectivity index is 1.56. The molecule has 3 aromatic rings. The molecule has 3 rings (SSSR count).